The number of thioether (sulfide) groups is 1. The van der Waals surface area contributed by atoms with Gasteiger partial charge in [0, 0.05) is 44.1 Å². The number of carbonyl (C=O) groups excluding carboxylic acids is 8. The molecule has 0 aliphatic carbocycles. The van der Waals surface area contributed by atoms with Crippen LogP contribution in [0.4, 0.5) is 4.79 Å². The molecule has 0 saturated carbocycles. The van der Waals surface area contributed by atoms with Crippen molar-refractivity contribution >= 4 is 59.5 Å². The summed E-state index contributed by atoms with van der Waals surface area (Å²) in [4.78, 5) is 108. The number of hydrogen-bond donors (Lipinski definition) is 3. The van der Waals surface area contributed by atoms with E-state index in [-0.39, 0.29) is 63.4 Å². The standard InChI is InChI=1S/C41H54N4O10S/c1-28(2)24-34(44-38(50)31(19-22-46)20-23-56-3)35(47)26-32(25-29-12-6-4-7-13-29)39(51)43-33(40(52)55-45-36(48)17-18-37(45)49)16-10-11-21-42-41(53)54-27-30-14-8-5-9-15-30/h4-9,12-15,22,28,31-34H,10-11,16-21,23-27H2,1-3H3,(H,42,53)(H,43,51)(H,44,50)/t31-,32+,33-,34-/m0/s1. The fourth-order valence-electron chi connectivity index (χ4n) is 6.09. The van der Waals surface area contributed by atoms with Crippen LogP contribution in [0.2, 0.25) is 0 Å². The molecular weight excluding hydrogens is 741 g/mol. The van der Waals surface area contributed by atoms with Gasteiger partial charge in [0.05, 0.1) is 6.04 Å². The summed E-state index contributed by atoms with van der Waals surface area (Å²) in [7, 11) is 0. The van der Waals surface area contributed by atoms with Crippen LogP contribution in [-0.2, 0) is 56.2 Å². The van der Waals surface area contributed by atoms with Crippen LogP contribution in [0.25, 0.3) is 0 Å². The highest BCUT2D eigenvalue weighted by molar-refractivity contribution is 7.98. The van der Waals surface area contributed by atoms with E-state index in [2.05, 4.69) is 16.0 Å². The number of Topliss-reactive ketones (excluding diaryl/α,β-unsaturated/α-hetero) is 1. The molecule has 0 unspecified atom stereocenters. The summed E-state index contributed by atoms with van der Waals surface area (Å²) < 4.78 is 5.23. The van der Waals surface area contributed by atoms with Gasteiger partial charge in [-0.15, -0.1) is 5.06 Å². The monoisotopic (exact) mass is 794 g/mol. The number of ketones is 1. The third-order valence-corrected chi connectivity index (χ3v) is 9.81. The van der Waals surface area contributed by atoms with Crippen molar-refractivity contribution in [3.63, 3.8) is 0 Å². The van der Waals surface area contributed by atoms with Crippen LogP contribution >= 0.6 is 11.8 Å². The Morgan fingerprint density at radius 1 is 0.821 bits per heavy atom. The van der Waals surface area contributed by atoms with Crippen LogP contribution < -0.4 is 16.0 Å². The van der Waals surface area contributed by atoms with E-state index < -0.39 is 59.6 Å². The Kier molecular flexibility index (Phi) is 19.8. The second kappa shape index (κ2) is 24.5. The molecule has 4 atom stereocenters. The summed E-state index contributed by atoms with van der Waals surface area (Å²) in [5.41, 5.74) is 1.58. The van der Waals surface area contributed by atoms with Gasteiger partial charge in [0.1, 0.15) is 18.9 Å². The van der Waals surface area contributed by atoms with E-state index in [0.717, 1.165) is 11.1 Å². The van der Waals surface area contributed by atoms with Crippen LogP contribution in [-0.4, -0.2) is 83.5 Å². The molecule has 5 amide bonds. The second-order valence-corrected chi connectivity index (χ2v) is 15.2. The average Bonchev–Trinajstić information content (AvgIpc) is 3.50. The van der Waals surface area contributed by atoms with Gasteiger partial charge < -0.3 is 30.3 Å². The van der Waals surface area contributed by atoms with Crippen molar-refractivity contribution in [1.29, 1.82) is 0 Å². The first-order chi connectivity index (χ1) is 26.9. The number of amides is 5. The number of benzene rings is 2. The zero-order valence-electron chi connectivity index (χ0n) is 32.4. The number of hydrogen-bond acceptors (Lipinski definition) is 11. The summed E-state index contributed by atoms with van der Waals surface area (Å²) in [5, 5.41) is 8.62. The molecule has 1 fully saturated rings. The highest BCUT2D eigenvalue weighted by Crippen LogP contribution is 2.20. The molecule has 0 spiro atoms. The first kappa shape index (κ1) is 45.3. The molecule has 1 saturated heterocycles. The summed E-state index contributed by atoms with van der Waals surface area (Å²) in [6.07, 6.45) is 3.11. The van der Waals surface area contributed by atoms with E-state index >= 15 is 0 Å². The molecular formula is C41H54N4O10S. The Morgan fingerprint density at radius 2 is 1.43 bits per heavy atom. The smallest absolute Gasteiger partial charge is 0.407 e. The van der Waals surface area contributed by atoms with Gasteiger partial charge in [0.2, 0.25) is 11.8 Å². The molecule has 2 aromatic carbocycles. The number of carbonyl (C=O) groups is 8. The van der Waals surface area contributed by atoms with Crippen molar-refractivity contribution in [2.45, 2.75) is 96.7 Å². The van der Waals surface area contributed by atoms with E-state index in [9.17, 15) is 38.4 Å². The minimum Gasteiger partial charge on any atom is -0.445 e. The Hall–Kier alpha value is -5.05. The van der Waals surface area contributed by atoms with Gasteiger partial charge in [-0.25, -0.2) is 9.59 Å². The van der Waals surface area contributed by atoms with Gasteiger partial charge in [0.25, 0.3) is 11.8 Å². The van der Waals surface area contributed by atoms with E-state index in [4.69, 9.17) is 9.57 Å². The van der Waals surface area contributed by atoms with Gasteiger partial charge in [0.15, 0.2) is 5.78 Å². The Balaban J connectivity index is 1.75. The minimum absolute atomic E-state index is 0.0109. The number of imide groups is 1. The number of ether oxygens (including phenoxy) is 1. The van der Waals surface area contributed by atoms with Gasteiger partial charge >= 0.3 is 12.1 Å². The first-order valence-electron chi connectivity index (χ1n) is 19.0. The Labute approximate surface area is 332 Å². The number of unbranched alkanes of at least 4 members (excludes halogenated alkanes) is 1. The Morgan fingerprint density at radius 3 is 2.04 bits per heavy atom. The summed E-state index contributed by atoms with van der Waals surface area (Å²) >= 11 is 1.55. The molecule has 3 N–H and O–H groups in total. The highest BCUT2D eigenvalue weighted by atomic mass is 32.2. The molecule has 2 aromatic rings. The zero-order chi connectivity index (χ0) is 40.9. The fraction of sp³-hybridized carbons (Fsp3) is 0.512. The van der Waals surface area contributed by atoms with Crippen molar-refractivity contribution in [3.05, 3.63) is 71.8 Å². The molecule has 14 nitrogen and oxygen atoms in total. The Bertz CT molecular complexity index is 1610. The number of alkyl carbamates (subject to hydrolysis) is 1. The number of nitrogens with zero attached hydrogens (tertiary/aromatic N) is 1. The predicted molar refractivity (Wildman–Crippen MR) is 209 cm³/mol. The largest absolute Gasteiger partial charge is 0.445 e. The third kappa shape index (κ3) is 16.0. The molecule has 0 bridgehead atoms. The minimum atomic E-state index is -1.31. The lowest BCUT2D eigenvalue weighted by molar-refractivity contribution is -0.199. The maximum absolute atomic E-state index is 14.1. The van der Waals surface area contributed by atoms with Gasteiger partial charge in [-0.3, -0.25) is 24.0 Å². The topological polar surface area (TPSA) is 194 Å². The number of aldehydes is 1. The molecule has 1 heterocycles. The fourth-order valence-corrected chi connectivity index (χ4v) is 6.61. The van der Waals surface area contributed by atoms with Crippen molar-refractivity contribution < 1.29 is 47.9 Å². The number of hydroxylamine groups is 2. The summed E-state index contributed by atoms with van der Waals surface area (Å²) in [6, 6.07) is 16.0. The van der Waals surface area contributed by atoms with Gasteiger partial charge in [-0.2, -0.15) is 11.8 Å². The lowest BCUT2D eigenvalue weighted by Gasteiger charge is -2.26. The van der Waals surface area contributed by atoms with Crippen LogP contribution in [0.3, 0.4) is 0 Å². The number of rotatable bonds is 25. The molecule has 3 rings (SSSR count). The molecule has 56 heavy (non-hydrogen) atoms. The second-order valence-electron chi connectivity index (χ2n) is 14.2. The van der Waals surface area contributed by atoms with Crippen molar-refractivity contribution in [2.24, 2.45) is 17.8 Å². The van der Waals surface area contributed by atoms with Crippen LogP contribution in [0.5, 0.6) is 0 Å². The normalized spacial score (nSPS) is 14.7. The maximum Gasteiger partial charge on any atom is 0.407 e. The molecule has 0 aromatic heterocycles. The maximum atomic E-state index is 14.1. The number of nitrogens with one attached hydrogen (secondary N) is 3. The van der Waals surface area contributed by atoms with Crippen LogP contribution in [0, 0.1) is 17.8 Å². The SMILES string of the molecule is CSCC[C@H](CC=O)C(=O)N[C@@H](CC(C)C)C(=O)C[C@@H](Cc1ccccc1)C(=O)N[C@@H](CCCCNC(=O)OCc1ccccc1)C(=O)ON1C(=O)CCC1=O. The molecule has 1 aliphatic heterocycles. The molecule has 1 aliphatic rings. The van der Waals surface area contributed by atoms with E-state index in [0.29, 0.717) is 42.8 Å². The van der Waals surface area contributed by atoms with Crippen LogP contribution in [0.1, 0.15) is 82.8 Å². The van der Waals surface area contributed by atoms with Gasteiger partial charge in [-0.05, 0) is 67.6 Å². The molecule has 304 valence electrons. The first-order valence-corrected chi connectivity index (χ1v) is 20.4. The zero-order valence-corrected chi connectivity index (χ0v) is 33.2. The highest BCUT2D eigenvalue weighted by Gasteiger charge is 2.37. The van der Waals surface area contributed by atoms with Crippen molar-refractivity contribution in [1.82, 2.24) is 21.0 Å². The average molecular weight is 795 g/mol. The summed E-state index contributed by atoms with van der Waals surface area (Å²) in [6.45, 7) is 4.11. The van der Waals surface area contributed by atoms with Crippen molar-refractivity contribution in [3.8, 4) is 0 Å². The van der Waals surface area contributed by atoms with Crippen LogP contribution in [0.15, 0.2) is 60.7 Å². The molecule has 15 heteroatoms. The lowest BCUT2D eigenvalue weighted by Crippen LogP contribution is -2.49. The van der Waals surface area contributed by atoms with E-state index in [1.807, 2.05) is 68.6 Å². The van der Waals surface area contributed by atoms with E-state index in [1.54, 1.807) is 23.9 Å². The molecule has 0 radical (unpaired) electrons. The van der Waals surface area contributed by atoms with Gasteiger partial charge in [-0.1, -0.05) is 74.5 Å². The third-order valence-electron chi connectivity index (χ3n) is 9.17. The van der Waals surface area contributed by atoms with Crippen molar-refractivity contribution in [2.75, 3.05) is 18.6 Å². The quantitative estimate of drug-likeness (QED) is 0.0729. The lowest BCUT2D eigenvalue weighted by atomic mass is 9.88. The predicted octanol–water partition coefficient (Wildman–Crippen LogP) is 4.48. The summed E-state index contributed by atoms with van der Waals surface area (Å²) in [5.74, 6) is -4.71. The van der Waals surface area contributed by atoms with E-state index in [1.165, 1.54) is 0 Å².